The van der Waals surface area contributed by atoms with Gasteiger partial charge in [0.2, 0.25) is 15.9 Å². The van der Waals surface area contributed by atoms with Crippen molar-refractivity contribution in [1.82, 2.24) is 15.4 Å². The van der Waals surface area contributed by atoms with E-state index in [2.05, 4.69) is 50.0 Å². The first-order chi connectivity index (χ1) is 20.1. The normalized spacial score (nSPS) is 23.8. The summed E-state index contributed by atoms with van der Waals surface area (Å²) >= 11 is 0. The Labute approximate surface area is 260 Å². The molecular weight excluding hydrogens is 566 g/mol. The van der Waals surface area contributed by atoms with Gasteiger partial charge in [-0.05, 0) is 86.3 Å². The first kappa shape index (κ1) is 37.2. The number of aryl methyl sites for hydroxylation is 1. The lowest BCUT2D eigenvalue weighted by Gasteiger charge is -2.61. The molecule has 4 rings (SSSR count). The van der Waals surface area contributed by atoms with Crippen LogP contribution in [-0.2, 0) is 30.7 Å². The van der Waals surface area contributed by atoms with E-state index in [0.717, 1.165) is 49.8 Å². The molecule has 43 heavy (non-hydrogen) atoms. The van der Waals surface area contributed by atoms with Gasteiger partial charge in [0.15, 0.2) is 0 Å². The molecule has 9 nitrogen and oxygen atoms in total. The van der Waals surface area contributed by atoms with Crippen LogP contribution in [0.15, 0.2) is 24.3 Å². The van der Waals surface area contributed by atoms with Crippen LogP contribution < -0.4 is 15.4 Å². The molecule has 6 atom stereocenters. The summed E-state index contributed by atoms with van der Waals surface area (Å²) in [5.74, 6) is 1.26. The number of hydrogen-bond donors (Lipinski definition) is 3. The van der Waals surface area contributed by atoms with Crippen LogP contribution in [0.4, 0.5) is 0 Å². The summed E-state index contributed by atoms with van der Waals surface area (Å²) in [6.45, 7) is 12.8. The van der Waals surface area contributed by atoms with Gasteiger partial charge < -0.3 is 20.1 Å². The van der Waals surface area contributed by atoms with Crippen molar-refractivity contribution in [2.75, 3.05) is 27.0 Å². The van der Waals surface area contributed by atoms with Crippen LogP contribution in [0.5, 0.6) is 0 Å². The fraction of sp³-hybridized carbons (Fsp3) is 0.758. The predicted molar refractivity (Wildman–Crippen MR) is 172 cm³/mol. The number of ether oxygens (including phenoxy) is 2. The first-order valence-electron chi connectivity index (χ1n) is 15.8. The zero-order valence-electron chi connectivity index (χ0n) is 27.9. The van der Waals surface area contributed by atoms with Gasteiger partial charge in [-0.15, -0.1) is 0 Å². The number of rotatable bonds is 15. The molecule has 5 unspecified atom stereocenters. The van der Waals surface area contributed by atoms with Gasteiger partial charge in [-0.3, -0.25) is 9.59 Å². The van der Waals surface area contributed by atoms with Gasteiger partial charge in [0, 0.05) is 32.4 Å². The number of fused-ring (bicyclic) bond motifs is 2. The first-order valence-corrected chi connectivity index (χ1v) is 17.7. The highest BCUT2D eigenvalue weighted by atomic mass is 32.2. The Morgan fingerprint density at radius 2 is 1.65 bits per heavy atom. The summed E-state index contributed by atoms with van der Waals surface area (Å²) in [5, 5.41) is 5.53. The molecule has 2 amide bonds. The van der Waals surface area contributed by atoms with Crippen molar-refractivity contribution in [3.63, 3.8) is 0 Å². The number of methoxy groups -OCH3 is 2. The Morgan fingerprint density at radius 1 is 1.00 bits per heavy atom. The quantitative estimate of drug-likeness (QED) is 0.260. The third-order valence-electron chi connectivity index (χ3n) is 9.17. The summed E-state index contributed by atoms with van der Waals surface area (Å²) in [5.41, 5.74) is 2.07. The molecule has 0 radical (unpaired) electrons. The average Bonchev–Trinajstić information content (AvgIpc) is 2.96. The molecule has 246 valence electrons. The van der Waals surface area contributed by atoms with Crippen LogP contribution >= 0.6 is 0 Å². The summed E-state index contributed by atoms with van der Waals surface area (Å²) < 4.78 is 36.3. The molecule has 3 N–H and O–H groups in total. The Hall–Kier alpha value is -2.01. The zero-order valence-corrected chi connectivity index (χ0v) is 28.7. The van der Waals surface area contributed by atoms with E-state index in [1.54, 1.807) is 19.2 Å². The van der Waals surface area contributed by atoms with Gasteiger partial charge in [-0.1, -0.05) is 53.2 Å². The summed E-state index contributed by atoms with van der Waals surface area (Å²) in [7, 11) is 0.112. The number of carbonyl (C=O) groups excluding carboxylic acids is 2. The fourth-order valence-corrected chi connectivity index (χ4v) is 6.59. The lowest BCUT2D eigenvalue weighted by atomic mass is 9.47. The Bertz CT molecular complexity index is 1120. The summed E-state index contributed by atoms with van der Waals surface area (Å²) in [6.07, 6.45) is 9.10. The lowest BCUT2D eigenvalue weighted by Crippen LogP contribution is -2.61. The van der Waals surface area contributed by atoms with Crippen LogP contribution in [0, 0.1) is 23.2 Å². The summed E-state index contributed by atoms with van der Waals surface area (Å²) in [6, 6.07) is 6.18. The number of sulfonamides is 1. The molecule has 1 aromatic rings. The predicted octanol–water partition coefficient (Wildman–Crippen LogP) is 4.70. The van der Waals surface area contributed by atoms with Gasteiger partial charge in [0.05, 0.1) is 18.5 Å². The van der Waals surface area contributed by atoms with Crippen molar-refractivity contribution in [2.24, 2.45) is 23.2 Å². The van der Waals surface area contributed by atoms with E-state index < -0.39 is 27.9 Å². The molecule has 3 saturated carbocycles. The highest BCUT2D eigenvalue weighted by molar-refractivity contribution is 7.88. The van der Waals surface area contributed by atoms with Crippen molar-refractivity contribution in [2.45, 2.75) is 111 Å². The molecule has 0 spiro atoms. The van der Waals surface area contributed by atoms with Crippen LogP contribution in [0.3, 0.4) is 0 Å². The number of hydrogen-bond acceptors (Lipinski definition) is 6. The van der Waals surface area contributed by atoms with E-state index in [1.165, 1.54) is 12.8 Å². The molecule has 0 saturated heterocycles. The highest BCUT2D eigenvalue weighted by Gasteiger charge is 2.58. The SMILES string of the molecule is CCCCc1ccc(C(=O)N[C@@H](CNS(C)(=O)=O)C(=O)NC(C)CCC(C)C)cc1.COC1CC2CC(C1OC)C2(C)C. The number of nitrogens with one attached hydrogen (secondary N) is 3. The third-order valence-corrected chi connectivity index (χ3v) is 9.86. The topological polar surface area (TPSA) is 123 Å². The molecule has 3 aliphatic carbocycles. The lowest BCUT2D eigenvalue weighted by molar-refractivity contribution is -0.209. The van der Waals surface area contributed by atoms with Crippen LogP contribution in [-0.4, -0.2) is 71.5 Å². The fourth-order valence-electron chi connectivity index (χ4n) is 6.12. The van der Waals surface area contributed by atoms with Crippen LogP contribution in [0.1, 0.15) is 96.0 Å². The third kappa shape index (κ3) is 11.5. The van der Waals surface area contributed by atoms with Crippen molar-refractivity contribution >= 4 is 21.8 Å². The minimum absolute atomic E-state index is 0.0737. The minimum atomic E-state index is -3.50. The van der Waals surface area contributed by atoms with Crippen molar-refractivity contribution in [3.8, 4) is 0 Å². The molecular formula is C33H57N3O6S. The number of unbranched alkanes of at least 4 members (excludes halogenated alkanes) is 1. The number of carbonyl (C=O) groups is 2. The largest absolute Gasteiger partial charge is 0.379 e. The second-order valence-electron chi connectivity index (χ2n) is 13.4. The number of benzene rings is 1. The van der Waals surface area contributed by atoms with Gasteiger partial charge in [-0.25, -0.2) is 13.1 Å². The van der Waals surface area contributed by atoms with E-state index in [4.69, 9.17) is 9.47 Å². The van der Waals surface area contributed by atoms with E-state index in [-0.39, 0.29) is 12.6 Å². The van der Waals surface area contributed by atoms with E-state index >= 15 is 0 Å². The Balaban J connectivity index is 0.000000407. The number of amides is 2. The molecule has 0 aliphatic heterocycles. The second-order valence-corrected chi connectivity index (χ2v) is 15.2. The van der Waals surface area contributed by atoms with Crippen molar-refractivity contribution in [1.29, 1.82) is 0 Å². The summed E-state index contributed by atoms with van der Waals surface area (Å²) in [4.78, 5) is 25.3. The van der Waals surface area contributed by atoms with Crippen LogP contribution in [0.2, 0.25) is 0 Å². The van der Waals surface area contributed by atoms with E-state index in [9.17, 15) is 18.0 Å². The maximum atomic E-state index is 12.7. The van der Waals surface area contributed by atoms with Crippen LogP contribution in [0.25, 0.3) is 0 Å². The van der Waals surface area contributed by atoms with Gasteiger partial charge in [0.25, 0.3) is 5.91 Å². The molecule has 3 aliphatic rings. The van der Waals surface area contributed by atoms with Gasteiger partial charge in [-0.2, -0.15) is 0 Å². The standard InChI is InChI=1S/C22H37N3O4S.C11H20O2/c1-6-7-8-18-11-13-19(14-12-18)21(26)25-20(15-23-30(5,28)29)22(27)24-17(4)10-9-16(2)3;1-11(2)7-5-8(11)10(13-4)9(6-7)12-3/h11-14,16-17,20,23H,6-10,15H2,1-5H3,(H,24,27)(H,25,26);7-10H,5-6H2,1-4H3/t17?,20-;/m0./s1. The second kappa shape index (κ2) is 16.9. The van der Waals surface area contributed by atoms with E-state index in [0.29, 0.717) is 35.0 Å². The van der Waals surface area contributed by atoms with E-state index in [1.807, 2.05) is 26.2 Å². The van der Waals surface area contributed by atoms with Crippen molar-refractivity contribution in [3.05, 3.63) is 35.4 Å². The molecule has 2 bridgehead atoms. The zero-order chi connectivity index (χ0) is 32.4. The average molecular weight is 624 g/mol. The smallest absolute Gasteiger partial charge is 0.251 e. The minimum Gasteiger partial charge on any atom is -0.379 e. The van der Waals surface area contributed by atoms with Gasteiger partial charge in [0.1, 0.15) is 6.04 Å². The Kier molecular flexibility index (Phi) is 14.6. The molecule has 10 heteroatoms. The molecule has 1 aromatic carbocycles. The van der Waals surface area contributed by atoms with Gasteiger partial charge >= 0.3 is 0 Å². The molecule has 3 fully saturated rings. The maximum absolute atomic E-state index is 12.7. The highest BCUT2D eigenvalue weighted by Crippen LogP contribution is 2.60. The van der Waals surface area contributed by atoms with Crippen molar-refractivity contribution < 1.29 is 27.5 Å². The molecule has 0 heterocycles. The maximum Gasteiger partial charge on any atom is 0.251 e. The monoisotopic (exact) mass is 623 g/mol. The Morgan fingerprint density at radius 3 is 2.16 bits per heavy atom. The molecule has 0 aromatic heterocycles.